The molecule has 1 fully saturated rings. The minimum atomic E-state index is -3.63. The van der Waals surface area contributed by atoms with E-state index in [9.17, 15) is 22.0 Å². The average molecular weight is 397 g/mol. The van der Waals surface area contributed by atoms with E-state index in [0.29, 0.717) is 25.0 Å². The van der Waals surface area contributed by atoms with E-state index in [0.717, 1.165) is 12.1 Å². The number of hydrogen-bond donors (Lipinski definition) is 2. The van der Waals surface area contributed by atoms with Crippen molar-refractivity contribution < 1.29 is 26.7 Å². The summed E-state index contributed by atoms with van der Waals surface area (Å²) in [6.07, 6.45) is 0. The molecule has 1 aliphatic heterocycles. The van der Waals surface area contributed by atoms with Gasteiger partial charge in [0.2, 0.25) is 10.0 Å². The lowest BCUT2D eigenvalue weighted by Gasteiger charge is -2.26. The zero-order valence-electron chi connectivity index (χ0n) is 14.1. The second-order valence-corrected chi connectivity index (χ2v) is 7.68. The largest absolute Gasteiger partial charge is 0.379 e. The zero-order valence-corrected chi connectivity index (χ0v) is 14.9. The van der Waals surface area contributed by atoms with Gasteiger partial charge in [-0.1, -0.05) is 0 Å². The molecule has 10 heteroatoms. The molecule has 0 unspecified atom stereocenters. The van der Waals surface area contributed by atoms with E-state index in [4.69, 9.17) is 4.74 Å². The topological polar surface area (TPSA) is 87.7 Å². The number of ether oxygens (including phenoxy) is 1. The van der Waals surface area contributed by atoms with Crippen molar-refractivity contribution in [3.63, 3.8) is 0 Å². The van der Waals surface area contributed by atoms with Gasteiger partial charge in [0, 0.05) is 24.8 Å². The van der Waals surface area contributed by atoms with Crippen molar-refractivity contribution in [2.45, 2.75) is 4.90 Å². The third kappa shape index (κ3) is 4.59. The summed E-state index contributed by atoms with van der Waals surface area (Å²) in [4.78, 5) is 12.0. The number of urea groups is 1. The van der Waals surface area contributed by atoms with Crippen LogP contribution < -0.4 is 10.6 Å². The van der Waals surface area contributed by atoms with Gasteiger partial charge in [0.05, 0.1) is 23.8 Å². The molecule has 7 nitrogen and oxygen atoms in total. The molecule has 0 radical (unpaired) electrons. The maximum Gasteiger partial charge on any atom is 0.323 e. The van der Waals surface area contributed by atoms with Gasteiger partial charge in [0.1, 0.15) is 11.6 Å². The van der Waals surface area contributed by atoms with E-state index in [1.807, 2.05) is 0 Å². The van der Waals surface area contributed by atoms with E-state index in [1.54, 1.807) is 0 Å². The van der Waals surface area contributed by atoms with E-state index >= 15 is 0 Å². The second-order valence-electron chi connectivity index (χ2n) is 5.74. The van der Waals surface area contributed by atoms with Gasteiger partial charge in [-0.05, 0) is 36.4 Å². The van der Waals surface area contributed by atoms with Crippen LogP contribution in [0.15, 0.2) is 47.4 Å². The number of nitrogens with zero attached hydrogens (tertiary/aromatic N) is 1. The predicted molar refractivity (Wildman–Crippen MR) is 95.0 cm³/mol. The van der Waals surface area contributed by atoms with Crippen LogP contribution in [0.4, 0.5) is 25.0 Å². The molecule has 2 aromatic carbocycles. The van der Waals surface area contributed by atoms with Crippen LogP contribution in [-0.2, 0) is 14.8 Å². The molecule has 0 atom stereocenters. The first-order valence-corrected chi connectivity index (χ1v) is 9.51. The number of anilines is 2. The van der Waals surface area contributed by atoms with Crippen molar-refractivity contribution in [2.24, 2.45) is 0 Å². The molecule has 1 aliphatic rings. The molecule has 1 heterocycles. The minimum Gasteiger partial charge on any atom is -0.379 e. The van der Waals surface area contributed by atoms with Crippen molar-refractivity contribution in [3.8, 4) is 0 Å². The first kappa shape index (κ1) is 19.2. The highest BCUT2D eigenvalue weighted by atomic mass is 32.2. The third-order valence-electron chi connectivity index (χ3n) is 3.90. The number of hydrogen-bond acceptors (Lipinski definition) is 4. The molecule has 0 aliphatic carbocycles. The summed E-state index contributed by atoms with van der Waals surface area (Å²) in [5.41, 5.74) is 0.136. The highest BCUT2D eigenvalue weighted by molar-refractivity contribution is 7.89. The first-order chi connectivity index (χ1) is 12.9. The molecule has 0 bridgehead atoms. The predicted octanol–water partition coefficient (Wildman–Crippen LogP) is 2.63. The molecule has 3 rings (SSSR count). The number of carbonyl (C=O) groups is 1. The molecule has 0 saturated carbocycles. The number of nitrogens with one attached hydrogen (secondary N) is 2. The van der Waals surface area contributed by atoms with Crippen molar-refractivity contribution in [1.29, 1.82) is 0 Å². The number of carbonyl (C=O) groups excluding carboxylic acids is 1. The van der Waals surface area contributed by atoms with Crippen LogP contribution in [-0.4, -0.2) is 45.1 Å². The number of halogens is 2. The summed E-state index contributed by atoms with van der Waals surface area (Å²) in [7, 11) is -3.63. The van der Waals surface area contributed by atoms with Crippen molar-refractivity contribution in [1.82, 2.24) is 4.31 Å². The Labute approximate surface area is 155 Å². The van der Waals surface area contributed by atoms with Crippen LogP contribution in [0.3, 0.4) is 0 Å². The number of rotatable bonds is 4. The van der Waals surface area contributed by atoms with Crippen molar-refractivity contribution in [3.05, 3.63) is 54.1 Å². The lowest BCUT2D eigenvalue weighted by Crippen LogP contribution is -2.40. The molecule has 2 N–H and O–H groups in total. The number of morpholine rings is 1. The van der Waals surface area contributed by atoms with E-state index in [2.05, 4.69) is 10.6 Å². The van der Waals surface area contributed by atoms with Gasteiger partial charge in [-0.3, -0.25) is 0 Å². The zero-order chi connectivity index (χ0) is 19.4. The monoisotopic (exact) mass is 397 g/mol. The van der Waals surface area contributed by atoms with E-state index in [1.165, 1.54) is 28.6 Å². The van der Waals surface area contributed by atoms with Crippen molar-refractivity contribution in [2.75, 3.05) is 36.9 Å². The Morgan fingerprint density at radius 3 is 2.30 bits per heavy atom. The van der Waals surface area contributed by atoms with E-state index in [-0.39, 0.29) is 23.7 Å². The van der Waals surface area contributed by atoms with Crippen LogP contribution in [0, 0.1) is 11.6 Å². The van der Waals surface area contributed by atoms with Gasteiger partial charge in [0.15, 0.2) is 0 Å². The third-order valence-corrected chi connectivity index (χ3v) is 5.81. The highest BCUT2D eigenvalue weighted by Gasteiger charge is 2.26. The van der Waals surface area contributed by atoms with Gasteiger partial charge in [0.25, 0.3) is 0 Å². The lowest BCUT2D eigenvalue weighted by molar-refractivity contribution is 0.0730. The Morgan fingerprint density at radius 1 is 1.00 bits per heavy atom. The van der Waals surface area contributed by atoms with Crippen LogP contribution in [0.25, 0.3) is 0 Å². The Kier molecular flexibility index (Phi) is 5.68. The van der Waals surface area contributed by atoms with Crippen LogP contribution in [0.2, 0.25) is 0 Å². The molecule has 0 spiro atoms. The van der Waals surface area contributed by atoms with Crippen LogP contribution in [0.1, 0.15) is 0 Å². The van der Waals surface area contributed by atoms with Crippen LogP contribution in [0.5, 0.6) is 0 Å². The van der Waals surface area contributed by atoms with Gasteiger partial charge in [-0.15, -0.1) is 0 Å². The highest BCUT2D eigenvalue weighted by Crippen LogP contribution is 2.20. The molecule has 144 valence electrons. The maximum atomic E-state index is 13.5. The Balaban J connectivity index is 1.65. The minimum absolute atomic E-state index is 0.0972. The van der Waals surface area contributed by atoms with Gasteiger partial charge in [-0.25, -0.2) is 22.0 Å². The number of amides is 2. The van der Waals surface area contributed by atoms with E-state index < -0.39 is 27.7 Å². The van der Waals surface area contributed by atoms with Crippen molar-refractivity contribution >= 4 is 27.4 Å². The van der Waals surface area contributed by atoms with Gasteiger partial charge < -0.3 is 15.4 Å². The molecule has 1 saturated heterocycles. The first-order valence-electron chi connectivity index (χ1n) is 8.07. The summed E-state index contributed by atoms with van der Waals surface area (Å²) in [6.45, 7) is 1.26. The normalized spacial score (nSPS) is 15.3. The Morgan fingerprint density at radius 2 is 1.67 bits per heavy atom. The fraction of sp³-hybridized carbons (Fsp3) is 0.235. The summed E-state index contributed by atoms with van der Waals surface area (Å²) >= 11 is 0. The Bertz CT molecular complexity index is 930. The van der Waals surface area contributed by atoms with Crippen LogP contribution >= 0.6 is 0 Å². The summed E-state index contributed by atoms with van der Waals surface area (Å²) in [6, 6.07) is 7.62. The summed E-state index contributed by atoms with van der Waals surface area (Å²) < 4.78 is 58.0. The molecule has 0 aromatic heterocycles. The van der Waals surface area contributed by atoms with Gasteiger partial charge >= 0.3 is 6.03 Å². The Hall–Kier alpha value is -2.56. The quantitative estimate of drug-likeness (QED) is 0.830. The molecule has 2 aromatic rings. The summed E-state index contributed by atoms with van der Waals surface area (Å²) in [5, 5.41) is 4.70. The summed E-state index contributed by atoms with van der Waals surface area (Å²) in [5.74, 6) is -1.66. The smallest absolute Gasteiger partial charge is 0.323 e. The molecular weight excluding hydrogens is 380 g/mol. The SMILES string of the molecule is O=C(Nc1ccc(S(=O)(=O)N2CCOCC2)cc1)Nc1ccc(F)cc1F. The average Bonchev–Trinajstić information content (AvgIpc) is 2.65. The molecule has 27 heavy (non-hydrogen) atoms. The fourth-order valence-electron chi connectivity index (χ4n) is 2.52. The molecular formula is C17H17F2N3O4S. The number of sulfonamides is 1. The fourth-order valence-corrected chi connectivity index (χ4v) is 3.93. The number of benzene rings is 2. The van der Waals surface area contributed by atoms with Gasteiger partial charge in [-0.2, -0.15) is 4.31 Å². The maximum absolute atomic E-state index is 13.5. The molecule has 2 amide bonds. The lowest BCUT2D eigenvalue weighted by atomic mass is 10.3. The standard InChI is InChI=1S/C17H17F2N3O4S/c18-12-1-6-16(15(19)11-12)21-17(23)20-13-2-4-14(5-3-13)27(24,25)22-7-9-26-10-8-22/h1-6,11H,7-10H2,(H2,20,21,23). The second kappa shape index (κ2) is 7.99.